The number of amides is 1. The zero-order valence-corrected chi connectivity index (χ0v) is 14.6. The fourth-order valence-corrected chi connectivity index (χ4v) is 3.07. The molecule has 0 aliphatic carbocycles. The van der Waals surface area contributed by atoms with Gasteiger partial charge in [-0.25, -0.2) is 15.0 Å². The Balaban J connectivity index is 1.83. The molecule has 0 radical (unpaired) electrons. The SMILES string of the molecule is CC(C)(C)c1ccccc1NC(=O)c1csc(-c2ncccn2)n1. The second kappa shape index (κ2) is 6.49. The molecular formula is C18H18N4OS. The van der Waals surface area contributed by atoms with Gasteiger partial charge in [0.25, 0.3) is 5.91 Å². The van der Waals surface area contributed by atoms with Gasteiger partial charge >= 0.3 is 0 Å². The minimum absolute atomic E-state index is 0.0605. The zero-order chi connectivity index (χ0) is 17.2. The van der Waals surface area contributed by atoms with Crippen molar-refractivity contribution >= 4 is 22.9 Å². The van der Waals surface area contributed by atoms with Crippen molar-refractivity contribution in [3.05, 3.63) is 59.4 Å². The standard InChI is InChI=1S/C18H18N4OS/c1-18(2,3)12-7-4-5-8-13(12)21-16(23)14-11-24-17(22-14)15-19-9-6-10-20-15/h4-11H,1-3H3,(H,21,23). The van der Waals surface area contributed by atoms with Crippen LogP contribution >= 0.6 is 11.3 Å². The van der Waals surface area contributed by atoms with E-state index in [4.69, 9.17) is 0 Å². The molecule has 2 aromatic heterocycles. The van der Waals surface area contributed by atoms with E-state index in [1.807, 2.05) is 24.3 Å². The summed E-state index contributed by atoms with van der Waals surface area (Å²) in [5.41, 5.74) is 2.20. The van der Waals surface area contributed by atoms with E-state index >= 15 is 0 Å². The lowest BCUT2D eigenvalue weighted by molar-refractivity contribution is 0.102. The van der Waals surface area contributed by atoms with Crippen LogP contribution < -0.4 is 5.32 Å². The molecule has 122 valence electrons. The molecule has 0 aliphatic heterocycles. The van der Waals surface area contributed by atoms with Crippen molar-refractivity contribution in [2.45, 2.75) is 26.2 Å². The molecule has 1 amide bonds. The summed E-state index contributed by atoms with van der Waals surface area (Å²) in [6.07, 6.45) is 3.31. The normalized spacial score (nSPS) is 11.3. The Kier molecular flexibility index (Phi) is 4.40. The average molecular weight is 338 g/mol. The third-order valence-electron chi connectivity index (χ3n) is 3.48. The van der Waals surface area contributed by atoms with Crippen LogP contribution in [0.25, 0.3) is 10.8 Å². The molecule has 0 saturated carbocycles. The minimum Gasteiger partial charge on any atom is -0.320 e. The molecule has 2 heterocycles. The summed E-state index contributed by atoms with van der Waals surface area (Å²) in [5.74, 6) is 0.293. The van der Waals surface area contributed by atoms with Crippen LogP contribution in [0.2, 0.25) is 0 Å². The van der Waals surface area contributed by atoms with Gasteiger partial charge in [-0.3, -0.25) is 4.79 Å². The van der Waals surface area contributed by atoms with E-state index in [2.05, 4.69) is 41.0 Å². The number of carbonyl (C=O) groups excluding carboxylic acids is 1. The Morgan fingerprint density at radius 3 is 2.50 bits per heavy atom. The van der Waals surface area contributed by atoms with Gasteiger partial charge in [-0.15, -0.1) is 11.3 Å². The molecule has 1 N–H and O–H groups in total. The van der Waals surface area contributed by atoms with Crippen LogP contribution in [0.3, 0.4) is 0 Å². The van der Waals surface area contributed by atoms with Crippen molar-refractivity contribution in [3.8, 4) is 10.8 Å². The molecular weight excluding hydrogens is 320 g/mol. The number of benzene rings is 1. The van der Waals surface area contributed by atoms with E-state index in [0.717, 1.165) is 11.3 Å². The number of hydrogen-bond donors (Lipinski definition) is 1. The first kappa shape index (κ1) is 16.3. The second-order valence-corrected chi connectivity index (χ2v) is 7.22. The predicted molar refractivity (Wildman–Crippen MR) is 96.2 cm³/mol. The largest absolute Gasteiger partial charge is 0.320 e. The third-order valence-corrected chi connectivity index (χ3v) is 4.32. The summed E-state index contributed by atoms with van der Waals surface area (Å²) < 4.78 is 0. The Bertz CT molecular complexity index is 853. The predicted octanol–water partition coefficient (Wildman–Crippen LogP) is 4.15. The zero-order valence-electron chi connectivity index (χ0n) is 13.8. The summed E-state index contributed by atoms with van der Waals surface area (Å²) in [7, 11) is 0. The third kappa shape index (κ3) is 3.49. The molecule has 3 rings (SSSR count). The lowest BCUT2D eigenvalue weighted by atomic mass is 9.86. The summed E-state index contributed by atoms with van der Waals surface area (Å²) in [5, 5.41) is 5.32. The molecule has 0 fully saturated rings. The first-order chi connectivity index (χ1) is 11.4. The van der Waals surface area contributed by atoms with Crippen LogP contribution in [-0.2, 0) is 5.41 Å². The fraction of sp³-hybridized carbons (Fsp3) is 0.222. The van der Waals surface area contributed by atoms with Gasteiger partial charge in [-0.2, -0.15) is 0 Å². The monoisotopic (exact) mass is 338 g/mol. The number of nitrogens with zero attached hydrogens (tertiary/aromatic N) is 3. The maximum Gasteiger partial charge on any atom is 0.275 e. The van der Waals surface area contributed by atoms with Crippen molar-refractivity contribution in [3.63, 3.8) is 0 Å². The fourth-order valence-electron chi connectivity index (χ4n) is 2.32. The van der Waals surface area contributed by atoms with Gasteiger partial charge < -0.3 is 5.32 Å². The van der Waals surface area contributed by atoms with Crippen LogP contribution in [0.15, 0.2) is 48.1 Å². The lowest BCUT2D eigenvalue weighted by Gasteiger charge is -2.22. The van der Waals surface area contributed by atoms with Crippen molar-refractivity contribution in [1.29, 1.82) is 0 Å². The van der Waals surface area contributed by atoms with Crippen molar-refractivity contribution in [2.24, 2.45) is 0 Å². The Morgan fingerprint density at radius 1 is 1.08 bits per heavy atom. The van der Waals surface area contributed by atoms with Gasteiger partial charge in [0.2, 0.25) is 0 Å². The molecule has 6 heteroatoms. The van der Waals surface area contributed by atoms with Crippen LogP contribution in [0.5, 0.6) is 0 Å². The Labute approximate surface area is 144 Å². The first-order valence-corrected chi connectivity index (χ1v) is 8.47. The van der Waals surface area contributed by atoms with E-state index < -0.39 is 0 Å². The summed E-state index contributed by atoms with van der Waals surface area (Å²) >= 11 is 1.35. The van der Waals surface area contributed by atoms with Crippen LogP contribution in [-0.4, -0.2) is 20.9 Å². The molecule has 0 unspecified atom stereocenters. The topological polar surface area (TPSA) is 67.8 Å². The van der Waals surface area contributed by atoms with Crippen LogP contribution in [0.4, 0.5) is 5.69 Å². The summed E-state index contributed by atoms with van der Waals surface area (Å²) in [6, 6.07) is 9.57. The van der Waals surface area contributed by atoms with E-state index in [0.29, 0.717) is 16.5 Å². The van der Waals surface area contributed by atoms with Gasteiger partial charge in [0, 0.05) is 23.5 Å². The molecule has 0 atom stereocenters. The van der Waals surface area contributed by atoms with Gasteiger partial charge in [-0.05, 0) is 23.1 Å². The highest BCUT2D eigenvalue weighted by Crippen LogP contribution is 2.29. The van der Waals surface area contributed by atoms with Gasteiger partial charge in [0.1, 0.15) is 5.69 Å². The molecule has 3 aromatic rings. The number of anilines is 1. The Hall–Kier alpha value is -2.60. The highest BCUT2D eigenvalue weighted by molar-refractivity contribution is 7.13. The van der Waals surface area contributed by atoms with Crippen molar-refractivity contribution in [1.82, 2.24) is 15.0 Å². The van der Waals surface area contributed by atoms with Crippen LogP contribution in [0.1, 0.15) is 36.8 Å². The maximum absolute atomic E-state index is 12.5. The van der Waals surface area contributed by atoms with Gasteiger partial charge in [0.15, 0.2) is 10.8 Å². The number of carbonyl (C=O) groups is 1. The number of para-hydroxylation sites is 1. The van der Waals surface area contributed by atoms with Crippen molar-refractivity contribution < 1.29 is 4.79 Å². The van der Waals surface area contributed by atoms with E-state index in [1.54, 1.807) is 23.8 Å². The second-order valence-electron chi connectivity index (χ2n) is 6.36. The smallest absolute Gasteiger partial charge is 0.275 e. The van der Waals surface area contributed by atoms with Crippen molar-refractivity contribution in [2.75, 3.05) is 5.32 Å². The number of hydrogen-bond acceptors (Lipinski definition) is 5. The molecule has 0 bridgehead atoms. The number of thiazole rings is 1. The first-order valence-electron chi connectivity index (χ1n) is 7.59. The highest BCUT2D eigenvalue weighted by atomic mass is 32.1. The lowest BCUT2D eigenvalue weighted by Crippen LogP contribution is -2.18. The van der Waals surface area contributed by atoms with Crippen LogP contribution in [0, 0.1) is 0 Å². The molecule has 0 aliphatic rings. The quantitative estimate of drug-likeness (QED) is 0.779. The minimum atomic E-state index is -0.231. The average Bonchev–Trinajstić information content (AvgIpc) is 3.05. The number of nitrogens with one attached hydrogen (secondary N) is 1. The van der Waals surface area contributed by atoms with E-state index in [1.165, 1.54) is 11.3 Å². The maximum atomic E-state index is 12.5. The molecule has 24 heavy (non-hydrogen) atoms. The molecule has 5 nitrogen and oxygen atoms in total. The van der Waals surface area contributed by atoms with Gasteiger partial charge in [-0.1, -0.05) is 39.0 Å². The molecule has 1 aromatic carbocycles. The molecule has 0 saturated heterocycles. The highest BCUT2D eigenvalue weighted by Gasteiger charge is 2.20. The van der Waals surface area contributed by atoms with E-state index in [-0.39, 0.29) is 11.3 Å². The van der Waals surface area contributed by atoms with Gasteiger partial charge in [0.05, 0.1) is 0 Å². The Morgan fingerprint density at radius 2 is 1.79 bits per heavy atom. The van der Waals surface area contributed by atoms with E-state index in [9.17, 15) is 4.79 Å². The summed E-state index contributed by atoms with van der Waals surface area (Å²) in [4.78, 5) is 25.2. The summed E-state index contributed by atoms with van der Waals surface area (Å²) in [6.45, 7) is 6.35. The molecule has 0 spiro atoms. The number of rotatable bonds is 3. The number of aromatic nitrogens is 3.